The van der Waals surface area contributed by atoms with Gasteiger partial charge in [-0.1, -0.05) is 0 Å². The molecule has 0 bridgehead atoms. The van der Waals surface area contributed by atoms with Crippen molar-refractivity contribution in [1.29, 1.82) is 0 Å². The maximum absolute atomic E-state index is 12.8. The molecule has 0 aliphatic carbocycles. The van der Waals surface area contributed by atoms with Crippen molar-refractivity contribution in [2.75, 3.05) is 5.32 Å². The third kappa shape index (κ3) is 2.85. The van der Waals surface area contributed by atoms with Crippen molar-refractivity contribution in [3.63, 3.8) is 0 Å². The number of nitrogens with one attached hydrogen (secondary N) is 1. The standard InChI is InChI=1S/C19H13N5O2S2/c25-28(26,19-6-8-22-24-19)13-2-3-15-14(10-13)16(5-7-20-15)23-12-1-4-18-17(9-12)21-11-27-18/h1-5,7-11H,6H2,(H,20,23). The van der Waals surface area contributed by atoms with Crippen molar-refractivity contribution in [2.24, 2.45) is 10.2 Å². The van der Waals surface area contributed by atoms with Crippen LogP contribution in [0.25, 0.3) is 21.1 Å². The smallest absolute Gasteiger partial charge is 0.222 e. The van der Waals surface area contributed by atoms with Crippen LogP contribution in [-0.4, -0.2) is 29.6 Å². The third-order valence-electron chi connectivity index (χ3n) is 4.46. The fourth-order valence-electron chi connectivity index (χ4n) is 3.06. The molecule has 7 nitrogen and oxygen atoms in total. The van der Waals surface area contributed by atoms with E-state index >= 15 is 0 Å². The average molecular weight is 407 g/mol. The van der Waals surface area contributed by atoms with Crippen molar-refractivity contribution in [2.45, 2.75) is 11.3 Å². The number of rotatable bonds is 3. The summed E-state index contributed by atoms with van der Waals surface area (Å²) in [5.74, 6) is 0. The Bertz CT molecular complexity index is 1390. The van der Waals surface area contributed by atoms with Crippen molar-refractivity contribution < 1.29 is 8.42 Å². The van der Waals surface area contributed by atoms with Crippen molar-refractivity contribution in [3.05, 3.63) is 54.2 Å². The average Bonchev–Trinajstić information content (AvgIpc) is 3.40. The number of anilines is 2. The van der Waals surface area contributed by atoms with Crippen LogP contribution in [0.3, 0.4) is 0 Å². The van der Waals surface area contributed by atoms with E-state index in [0.717, 1.165) is 21.6 Å². The van der Waals surface area contributed by atoms with Gasteiger partial charge in [0.05, 0.1) is 26.1 Å². The molecule has 4 aromatic rings. The zero-order valence-electron chi connectivity index (χ0n) is 14.4. The molecule has 138 valence electrons. The highest BCUT2D eigenvalue weighted by atomic mass is 32.2. The zero-order chi connectivity index (χ0) is 19.1. The van der Waals surface area contributed by atoms with Gasteiger partial charge in [-0.2, -0.15) is 5.10 Å². The molecule has 2 aromatic carbocycles. The Morgan fingerprint density at radius 2 is 1.93 bits per heavy atom. The number of pyridine rings is 1. The Morgan fingerprint density at radius 1 is 1.00 bits per heavy atom. The monoisotopic (exact) mass is 407 g/mol. The first-order chi connectivity index (χ1) is 13.6. The molecule has 0 unspecified atom stereocenters. The molecular formula is C19H13N5O2S2. The summed E-state index contributed by atoms with van der Waals surface area (Å²) in [6.07, 6.45) is 3.39. The van der Waals surface area contributed by atoms with Gasteiger partial charge >= 0.3 is 0 Å². The second kappa shape index (κ2) is 6.47. The maximum atomic E-state index is 12.8. The summed E-state index contributed by atoms with van der Waals surface area (Å²) in [6.45, 7) is 0. The SMILES string of the molecule is O=S(=O)(C1=NN=CC1)c1ccc2nccc(Nc3ccc4scnc4c3)c2c1. The molecule has 0 saturated heterocycles. The van der Waals surface area contributed by atoms with Gasteiger partial charge in [-0.15, -0.1) is 16.4 Å². The lowest BCUT2D eigenvalue weighted by Gasteiger charge is -2.11. The highest BCUT2D eigenvalue weighted by Crippen LogP contribution is 2.30. The minimum Gasteiger partial charge on any atom is -0.355 e. The number of aromatic nitrogens is 2. The van der Waals surface area contributed by atoms with Crippen LogP contribution < -0.4 is 5.32 Å². The molecule has 2 aromatic heterocycles. The van der Waals surface area contributed by atoms with Crippen LogP contribution >= 0.6 is 11.3 Å². The van der Waals surface area contributed by atoms with E-state index in [9.17, 15) is 8.42 Å². The molecule has 0 saturated carbocycles. The van der Waals surface area contributed by atoms with E-state index in [1.165, 1.54) is 6.21 Å². The minimum atomic E-state index is -3.68. The second-order valence-corrected chi connectivity index (χ2v) is 9.03. The predicted octanol–water partition coefficient (Wildman–Crippen LogP) is 4.15. The molecule has 5 rings (SSSR count). The molecule has 0 spiro atoms. The molecule has 0 fully saturated rings. The quantitative estimate of drug-likeness (QED) is 0.550. The van der Waals surface area contributed by atoms with Gasteiger partial charge < -0.3 is 5.32 Å². The van der Waals surface area contributed by atoms with E-state index < -0.39 is 9.84 Å². The first-order valence-corrected chi connectivity index (χ1v) is 10.8. The van der Waals surface area contributed by atoms with Crippen LogP contribution in [0.15, 0.2) is 69.3 Å². The van der Waals surface area contributed by atoms with Crippen LogP contribution in [0.1, 0.15) is 6.42 Å². The lowest BCUT2D eigenvalue weighted by molar-refractivity contribution is 0.607. The fraction of sp³-hybridized carbons (Fsp3) is 0.0526. The van der Waals surface area contributed by atoms with Gasteiger partial charge in [0.25, 0.3) is 0 Å². The lowest BCUT2D eigenvalue weighted by Crippen LogP contribution is -2.13. The zero-order valence-corrected chi connectivity index (χ0v) is 16.0. The van der Waals surface area contributed by atoms with E-state index in [-0.39, 0.29) is 16.4 Å². The number of sulfone groups is 1. The van der Waals surface area contributed by atoms with Crippen LogP contribution in [-0.2, 0) is 9.84 Å². The highest BCUT2D eigenvalue weighted by molar-refractivity contribution is 8.06. The molecule has 9 heteroatoms. The van der Waals surface area contributed by atoms with E-state index in [1.54, 1.807) is 35.7 Å². The minimum absolute atomic E-state index is 0.0548. The molecule has 1 aliphatic heterocycles. The normalized spacial score (nSPS) is 13.9. The van der Waals surface area contributed by atoms with Crippen LogP contribution in [0.4, 0.5) is 11.4 Å². The van der Waals surface area contributed by atoms with Gasteiger partial charge in [0, 0.05) is 35.6 Å². The lowest BCUT2D eigenvalue weighted by atomic mass is 10.2. The van der Waals surface area contributed by atoms with Gasteiger partial charge in [0.1, 0.15) is 0 Å². The first-order valence-electron chi connectivity index (χ1n) is 8.44. The molecule has 28 heavy (non-hydrogen) atoms. The molecule has 0 amide bonds. The van der Waals surface area contributed by atoms with Crippen LogP contribution in [0.2, 0.25) is 0 Å². The number of benzene rings is 2. The first kappa shape index (κ1) is 17.0. The Kier molecular flexibility index (Phi) is 3.92. The van der Waals surface area contributed by atoms with Crippen molar-refractivity contribution in [1.82, 2.24) is 9.97 Å². The largest absolute Gasteiger partial charge is 0.355 e. The van der Waals surface area contributed by atoms with Crippen molar-refractivity contribution >= 4 is 64.9 Å². The fourth-order valence-corrected chi connectivity index (χ4v) is 4.96. The molecule has 0 radical (unpaired) electrons. The Hall–Kier alpha value is -3.17. The van der Waals surface area contributed by atoms with E-state index in [4.69, 9.17) is 0 Å². The van der Waals surface area contributed by atoms with E-state index in [2.05, 4.69) is 25.5 Å². The second-order valence-electron chi connectivity index (χ2n) is 6.20. The number of hydrogen-bond acceptors (Lipinski definition) is 8. The molecule has 1 aliphatic rings. The molecular weight excluding hydrogens is 394 g/mol. The topological polar surface area (TPSA) is 96.7 Å². The van der Waals surface area contributed by atoms with Gasteiger partial charge in [0.15, 0.2) is 5.04 Å². The van der Waals surface area contributed by atoms with Gasteiger partial charge in [0.2, 0.25) is 9.84 Å². The summed E-state index contributed by atoms with van der Waals surface area (Å²) in [6, 6.07) is 12.6. The predicted molar refractivity (Wildman–Crippen MR) is 112 cm³/mol. The number of thiazole rings is 1. The molecule has 0 atom stereocenters. The summed E-state index contributed by atoms with van der Waals surface area (Å²) in [4.78, 5) is 8.86. The number of fused-ring (bicyclic) bond motifs is 2. The van der Waals surface area contributed by atoms with Crippen LogP contribution in [0.5, 0.6) is 0 Å². The summed E-state index contributed by atoms with van der Waals surface area (Å²) >= 11 is 1.58. The molecule has 3 heterocycles. The number of hydrogen-bond donors (Lipinski definition) is 1. The van der Waals surface area contributed by atoms with Crippen molar-refractivity contribution in [3.8, 4) is 0 Å². The van der Waals surface area contributed by atoms with E-state index in [1.807, 2.05) is 29.8 Å². The Morgan fingerprint density at radius 3 is 2.79 bits per heavy atom. The third-order valence-corrected chi connectivity index (χ3v) is 7.01. The number of nitrogens with zero attached hydrogens (tertiary/aromatic N) is 4. The Labute approximate surface area is 164 Å². The maximum Gasteiger partial charge on any atom is 0.222 e. The van der Waals surface area contributed by atoms with E-state index in [0.29, 0.717) is 10.9 Å². The van der Waals surface area contributed by atoms with Crippen LogP contribution in [0, 0.1) is 0 Å². The summed E-state index contributed by atoms with van der Waals surface area (Å²) in [5.41, 5.74) is 5.05. The Balaban J connectivity index is 1.59. The van der Waals surface area contributed by atoms with Gasteiger partial charge in [-0.3, -0.25) is 4.98 Å². The molecule has 1 N–H and O–H groups in total. The highest BCUT2D eigenvalue weighted by Gasteiger charge is 2.24. The summed E-state index contributed by atoms with van der Waals surface area (Å²) in [5, 5.41) is 11.5. The van der Waals surface area contributed by atoms with Gasteiger partial charge in [-0.05, 0) is 42.5 Å². The summed E-state index contributed by atoms with van der Waals surface area (Å²) < 4.78 is 26.7. The summed E-state index contributed by atoms with van der Waals surface area (Å²) in [7, 11) is -3.68. The van der Waals surface area contributed by atoms with Gasteiger partial charge in [-0.25, -0.2) is 13.4 Å².